The Kier molecular flexibility index (Phi) is 5.30. The van der Waals surface area contributed by atoms with Gasteiger partial charge in [-0.05, 0) is 24.3 Å². The second-order valence-corrected chi connectivity index (χ2v) is 6.09. The first-order chi connectivity index (χ1) is 10.9. The first kappa shape index (κ1) is 16.9. The zero-order chi connectivity index (χ0) is 17.0. The molecule has 120 valence electrons. The Labute approximate surface area is 140 Å². The number of methoxy groups -OCH3 is 1. The summed E-state index contributed by atoms with van der Waals surface area (Å²) in [5, 5.41) is 13.6. The number of hydrogen-bond donors (Lipinski definition) is 1. The molecule has 0 saturated heterocycles. The van der Waals surface area contributed by atoms with Gasteiger partial charge < -0.3 is 10.1 Å². The number of nitro groups is 1. The van der Waals surface area contributed by atoms with Gasteiger partial charge in [-0.25, -0.2) is 4.79 Å². The van der Waals surface area contributed by atoms with Gasteiger partial charge in [0.1, 0.15) is 0 Å². The largest absolute Gasteiger partial charge is 0.465 e. The summed E-state index contributed by atoms with van der Waals surface area (Å²) < 4.78 is 5.05. The van der Waals surface area contributed by atoms with Crippen LogP contribution < -0.4 is 5.32 Å². The number of ether oxygens (including phenoxy) is 1. The lowest BCUT2D eigenvalue weighted by atomic mass is 10.1. The fourth-order valence-electron chi connectivity index (χ4n) is 1.85. The molecule has 0 saturated carbocycles. The first-order valence-electron chi connectivity index (χ1n) is 6.31. The molecular formula is C14H11ClN2O5S. The van der Waals surface area contributed by atoms with Crippen LogP contribution in [0.25, 0.3) is 0 Å². The third-order valence-corrected chi connectivity index (χ3v) is 4.16. The predicted molar refractivity (Wildman–Crippen MR) is 84.9 cm³/mol. The standard InChI is InChI=1S/C14H11ClN2O5S/c1-22-14(19)8-2-3-10(17(20)21)9(6-8)7-16-13(18)11-4-5-12(15)23-11/h2-6H,7H2,1H3,(H,16,18). The van der Waals surface area contributed by atoms with Crippen molar-refractivity contribution in [2.24, 2.45) is 0 Å². The molecule has 0 radical (unpaired) electrons. The molecule has 1 aromatic carbocycles. The van der Waals surface area contributed by atoms with E-state index in [1.165, 1.54) is 25.3 Å². The van der Waals surface area contributed by atoms with Crippen molar-refractivity contribution in [3.63, 3.8) is 0 Å². The van der Waals surface area contributed by atoms with Gasteiger partial charge in [0, 0.05) is 18.2 Å². The Morgan fingerprint density at radius 3 is 2.65 bits per heavy atom. The summed E-state index contributed by atoms with van der Waals surface area (Å²) in [5.41, 5.74) is 0.178. The maximum atomic E-state index is 12.0. The average molecular weight is 355 g/mol. The summed E-state index contributed by atoms with van der Waals surface area (Å²) in [6, 6.07) is 6.97. The number of thiophene rings is 1. The number of hydrogen-bond acceptors (Lipinski definition) is 6. The van der Waals surface area contributed by atoms with Crippen LogP contribution in [0.5, 0.6) is 0 Å². The summed E-state index contributed by atoms with van der Waals surface area (Å²) in [7, 11) is 1.21. The van der Waals surface area contributed by atoms with Gasteiger partial charge in [-0.3, -0.25) is 14.9 Å². The molecule has 2 aromatic rings. The molecule has 0 spiro atoms. The van der Waals surface area contributed by atoms with Crippen molar-refractivity contribution >= 4 is 40.5 Å². The van der Waals surface area contributed by atoms with Crippen molar-refractivity contribution in [2.75, 3.05) is 7.11 Å². The highest BCUT2D eigenvalue weighted by Gasteiger charge is 2.18. The van der Waals surface area contributed by atoms with Gasteiger partial charge in [0.2, 0.25) is 0 Å². The van der Waals surface area contributed by atoms with E-state index in [9.17, 15) is 19.7 Å². The number of nitrogens with zero attached hydrogens (tertiary/aromatic N) is 1. The van der Waals surface area contributed by atoms with Crippen LogP contribution in [0.4, 0.5) is 5.69 Å². The molecule has 0 bridgehead atoms. The third-order valence-electron chi connectivity index (χ3n) is 2.93. The molecular weight excluding hydrogens is 344 g/mol. The second kappa shape index (κ2) is 7.21. The number of halogens is 1. The Morgan fingerprint density at radius 1 is 1.35 bits per heavy atom. The maximum absolute atomic E-state index is 12.0. The quantitative estimate of drug-likeness (QED) is 0.505. The van der Waals surface area contributed by atoms with E-state index in [4.69, 9.17) is 11.6 Å². The van der Waals surface area contributed by atoms with Crippen molar-refractivity contribution in [1.29, 1.82) is 0 Å². The van der Waals surface area contributed by atoms with E-state index in [0.29, 0.717) is 9.21 Å². The lowest BCUT2D eigenvalue weighted by molar-refractivity contribution is -0.385. The summed E-state index contributed by atoms with van der Waals surface area (Å²) in [5.74, 6) is -1.02. The monoisotopic (exact) mass is 354 g/mol. The van der Waals surface area contributed by atoms with Gasteiger partial charge in [-0.15, -0.1) is 11.3 Å². The maximum Gasteiger partial charge on any atom is 0.337 e. The molecule has 0 atom stereocenters. The Balaban J connectivity index is 2.21. The molecule has 23 heavy (non-hydrogen) atoms. The highest BCUT2D eigenvalue weighted by molar-refractivity contribution is 7.17. The number of carbonyl (C=O) groups excluding carboxylic acids is 2. The Hall–Kier alpha value is -2.45. The summed E-state index contributed by atoms with van der Waals surface area (Å²) in [6.45, 7) is -0.102. The SMILES string of the molecule is COC(=O)c1ccc([N+](=O)[O-])c(CNC(=O)c2ccc(Cl)s2)c1. The van der Waals surface area contributed by atoms with Crippen LogP contribution in [0.1, 0.15) is 25.6 Å². The fourth-order valence-corrected chi connectivity index (χ4v) is 2.81. The molecule has 1 aromatic heterocycles. The van der Waals surface area contributed by atoms with Crippen molar-refractivity contribution in [1.82, 2.24) is 5.32 Å². The van der Waals surface area contributed by atoms with E-state index in [2.05, 4.69) is 10.1 Å². The Morgan fingerprint density at radius 2 is 2.09 bits per heavy atom. The van der Waals surface area contributed by atoms with E-state index >= 15 is 0 Å². The van der Waals surface area contributed by atoms with Crippen LogP contribution in [0.15, 0.2) is 30.3 Å². The molecule has 1 N–H and O–H groups in total. The van der Waals surface area contributed by atoms with Gasteiger partial charge in [0.25, 0.3) is 11.6 Å². The topological polar surface area (TPSA) is 98.5 Å². The van der Waals surface area contributed by atoms with Gasteiger partial charge in [-0.1, -0.05) is 11.6 Å². The first-order valence-corrected chi connectivity index (χ1v) is 7.51. The molecule has 2 rings (SSSR count). The minimum atomic E-state index is -0.613. The number of rotatable bonds is 5. The molecule has 0 aliphatic heterocycles. The van der Waals surface area contributed by atoms with Crippen LogP contribution in [-0.2, 0) is 11.3 Å². The van der Waals surface area contributed by atoms with Crippen LogP contribution in [-0.4, -0.2) is 23.9 Å². The van der Waals surface area contributed by atoms with Crippen molar-refractivity contribution in [2.45, 2.75) is 6.54 Å². The van der Waals surface area contributed by atoms with E-state index in [-0.39, 0.29) is 23.4 Å². The highest BCUT2D eigenvalue weighted by atomic mass is 35.5. The van der Waals surface area contributed by atoms with Crippen LogP contribution in [0, 0.1) is 10.1 Å². The zero-order valence-electron chi connectivity index (χ0n) is 11.9. The van der Waals surface area contributed by atoms with Crippen molar-refractivity contribution < 1.29 is 19.2 Å². The summed E-state index contributed by atoms with van der Waals surface area (Å²) >= 11 is 6.86. The van der Waals surface area contributed by atoms with E-state index in [1.54, 1.807) is 12.1 Å². The van der Waals surface area contributed by atoms with E-state index in [1.807, 2.05) is 0 Å². The normalized spacial score (nSPS) is 10.2. The minimum absolute atomic E-state index is 0.102. The fraction of sp³-hybridized carbons (Fsp3) is 0.143. The molecule has 0 aliphatic carbocycles. The number of nitro benzene ring substituents is 1. The predicted octanol–water partition coefficient (Wildman–Crippen LogP) is 3.03. The number of carbonyl (C=O) groups is 2. The lowest BCUT2D eigenvalue weighted by Gasteiger charge is -2.07. The number of amides is 1. The Bertz CT molecular complexity index is 774. The van der Waals surface area contributed by atoms with E-state index < -0.39 is 16.8 Å². The van der Waals surface area contributed by atoms with Crippen molar-refractivity contribution in [3.8, 4) is 0 Å². The molecule has 7 nitrogen and oxygen atoms in total. The average Bonchev–Trinajstić information content (AvgIpc) is 2.97. The highest BCUT2D eigenvalue weighted by Crippen LogP contribution is 2.23. The third kappa shape index (κ3) is 4.05. The minimum Gasteiger partial charge on any atom is -0.465 e. The molecule has 9 heteroatoms. The second-order valence-electron chi connectivity index (χ2n) is 4.38. The smallest absolute Gasteiger partial charge is 0.337 e. The number of nitrogens with one attached hydrogen (secondary N) is 1. The summed E-state index contributed by atoms with van der Waals surface area (Å²) in [4.78, 5) is 34.3. The van der Waals surface area contributed by atoms with Gasteiger partial charge >= 0.3 is 5.97 Å². The van der Waals surface area contributed by atoms with Gasteiger partial charge in [0.05, 0.1) is 26.8 Å². The number of esters is 1. The lowest BCUT2D eigenvalue weighted by Crippen LogP contribution is -2.22. The van der Waals surface area contributed by atoms with Crippen LogP contribution >= 0.6 is 22.9 Å². The van der Waals surface area contributed by atoms with E-state index in [0.717, 1.165) is 11.3 Å². The van der Waals surface area contributed by atoms with Crippen molar-refractivity contribution in [3.05, 3.63) is 60.8 Å². The molecule has 0 unspecified atom stereocenters. The molecule has 1 heterocycles. The van der Waals surface area contributed by atoms with Gasteiger partial charge in [0.15, 0.2) is 0 Å². The van der Waals surface area contributed by atoms with Gasteiger partial charge in [-0.2, -0.15) is 0 Å². The zero-order valence-corrected chi connectivity index (χ0v) is 13.4. The molecule has 0 aliphatic rings. The number of benzene rings is 1. The molecule has 1 amide bonds. The summed E-state index contributed by atoms with van der Waals surface area (Å²) in [6.07, 6.45) is 0. The van der Waals surface area contributed by atoms with Crippen LogP contribution in [0.2, 0.25) is 4.34 Å². The van der Waals surface area contributed by atoms with Crippen LogP contribution in [0.3, 0.4) is 0 Å². The molecule has 0 fully saturated rings.